The Balaban J connectivity index is 1.69. The van der Waals surface area contributed by atoms with Gasteiger partial charge in [0, 0.05) is 16.9 Å². The van der Waals surface area contributed by atoms with Gasteiger partial charge in [-0.3, -0.25) is 9.52 Å². The van der Waals surface area contributed by atoms with Gasteiger partial charge < -0.3 is 10.1 Å². The molecule has 0 atom stereocenters. The molecule has 0 radical (unpaired) electrons. The number of methoxy groups -OCH3 is 1. The molecule has 1 amide bonds. The summed E-state index contributed by atoms with van der Waals surface area (Å²) < 4.78 is 70.3. The lowest BCUT2D eigenvalue weighted by Crippen LogP contribution is -2.15. The largest absolute Gasteiger partial charge is 0.497 e. The van der Waals surface area contributed by atoms with Crippen LogP contribution in [0.1, 0.15) is 15.9 Å². The summed E-state index contributed by atoms with van der Waals surface area (Å²) in [5, 5.41) is 2.46. The third-order valence-electron chi connectivity index (χ3n) is 4.24. The van der Waals surface area contributed by atoms with Crippen LogP contribution in [0.25, 0.3) is 0 Å². The molecule has 162 valence electrons. The average Bonchev–Trinajstić information content (AvgIpc) is 2.74. The predicted molar refractivity (Wildman–Crippen MR) is 110 cm³/mol. The molecule has 2 N–H and O–H groups in total. The molecule has 0 fully saturated rings. The fraction of sp³-hybridized carbons (Fsp3) is 0.0952. The Morgan fingerprint density at radius 2 is 1.39 bits per heavy atom. The number of nitrogens with one attached hydrogen (secondary N) is 2. The third kappa shape index (κ3) is 5.54. The monoisotopic (exact) mass is 450 g/mol. The maximum Gasteiger partial charge on any atom is 0.416 e. The van der Waals surface area contributed by atoms with E-state index in [9.17, 15) is 26.4 Å². The highest BCUT2D eigenvalue weighted by Gasteiger charge is 2.30. The van der Waals surface area contributed by atoms with Crippen LogP contribution in [0.15, 0.2) is 77.7 Å². The Hall–Kier alpha value is -3.53. The number of amides is 1. The molecular weight excluding hydrogens is 433 g/mol. The van der Waals surface area contributed by atoms with Crippen molar-refractivity contribution in [1.29, 1.82) is 0 Å². The minimum atomic E-state index is -4.47. The van der Waals surface area contributed by atoms with Gasteiger partial charge in [-0.05, 0) is 72.8 Å². The van der Waals surface area contributed by atoms with Crippen LogP contribution in [-0.2, 0) is 16.2 Å². The van der Waals surface area contributed by atoms with E-state index < -0.39 is 27.7 Å². The topological polar surface area (TPSA) is 84.5 Å². The van der Waals surface area contributed by atoms with Crippen molar-refractivity contribution in [3.8, 4) is 5.75 Å². The molecule has 10 heteroatoms. The van der Waals surface area contributed by atoms with Crippen molar-refractivity contribution < 1.29 is 31.1 Å². The first-order valence-electron chi connectivity index (χ1n) is 8.84. The predicted octanol–water partition coefficient (Wildman–Crippen LogP) is 4.77. The zero-order valence-corrected chi connectivity index (χ0v) is 16.9. The van der Waals surface area contributed by atoms with Gasteiger partial charge in [-0.2, -0.15) is 13.2 Å². The number of benzene rings is 3. The molecule has 0 aromatic heterocycles. The first kappa shape index (κ1) is 22.2. The fourth-order valence-corrected chi connectivity index (χ4v) is 3.66. The molecule has 3 aromatic rings. The fourth-order valence-electron chi connectivity index (χ4n) is 2.60. The molecule has 3 aromatic carbocycles. The third-order valence-corrected chi connectivity index (χ3v) is 5.64. The summed E-state index contributed by atoms with van der Waals surface area (Å²) in [5.41, 5.74) is -0.173. The van der Waals surface area contributed by atoms with Crippen LogP contribution in [0, 0.1) is 0 Å². The summed E-state index contributed by atoms with van der Waals surface area (Å²) in [7, 11) is -2.39. The van der Waals surface area contributed by atoms with Crippen LogP contribution >= 0.6 is 0 Å². The van der Waals surface area contributed by atoms with Gasteiger partial charge >= 0.3 is 6.18 Å². The second-order valence-corrected chi connectivity index (χ2v) is 8.07. The van der Waals surface area contributed by atoms with E-state index in [2.05, 4.69) is 10.0 Å². The van der Waals surface area contributed by atoms with E-state index in [1.807, 2.05) is 0 Å². The van der Waals surface area contributed by atoms with Crippen molar-refractivity contribution in [2.45, 2.75) is 11.1 Å². The second-order valence-electron chi connectivity index (χ2n) is 6.39. The second kappa shape index (κ2) is 8.68. The number of rotatable bonds is 6. The number of carbonyl (C=O) groups excluding carboxylic acids is 1. The lowest BCUT2D eigenvalue weighted by Gasteiger charge is -2.10. The van der Waals surface area contributed by atoms with Crippen molar-refractivity contribution in [3.63, 3.8) is 0 Å². The van der Waals surface area contributed by atoms with Gasteiger partial charge in [-0.25, -0.2) is 8.42 Å². The van der Waals surface area contributed by atoms with E-state index in [-0.39, 0.29) is 16.1 Å². The van der Waals surface area contributed by atoms with E-state index in [4.69, 9.17) is 4.74 Å². The summed E-state index contributed by atoms with van der Waals surface area (Å²) in [6.07, 6.45) is -4.47. The minimum Gasteiger partial charge on any atom is -0.497 e. The zero-order valence-electron chi connectivity index (χ0n) is 16.1. The maximum absolute atomic E-state index is 12.6. The SMILES string of the molecule is COc1ccc(NS(=O)(=O)c2ccc(C(=O)Nc3ccc(C(F)(F)F)cc3)cc2)cc1. The summed E-state index contributed by atoms with van der Waals surface area (Å²) in [6.45, 7) is 0. The van der Waals surface area contributed by atoms with E-state index >= 15 is 0 Å². The van der Waals surface area contributed by atoms with Gasteiger partial charge in [0.1, 0.15) is 5.75 Å². The lowest BCUT2D eigenvalue weighted by atomic mass is 10.2. The van der Waals surface area contributed by atoms with Crippen LogP contribution in [0.4, 0.5) is 24.5 Å². The summed E-state index contributed by atoms with van der Waals surface area (Å²) >= 11 is 0. The number of hydrogen-bond donors (Lipinski definition) is 2. The average molecular weight is 450 g/mol. The first-order valence-corrected chi connectivity index (χ1v) is 10.3. The Kier molecular flexibility index (Phi) is 6.21. The Bertz CT molecular complexity index is 1160. The van der Waals surface area contributed by atoms with Crippen molar-refractivity contribution in [3.05, 3.63) is 83.9 Å². The van der Waals surface area contributed by atoms with Gasteiger partial charge in [-0.1, -0.05) is 0 Å². The number of alkyl halides is 3. The van der Waals surface area contributed by atoms with Crippen molar-refractivity contribution in [2.75, 3.05) is 17.1 Å². The number of sulfonamides is 1. The van der Waals surface area contributed by atoms with Crippen LogP contribution in [0.3, 0.4) is 0 Å². The maximum atomic E-state index is 12.6. The van der Waals surface area contributed by atoms with Gasteiger partial charge in [-0.15, -0.1) is 0 Å². The number of ether oxygens (including phenoxy) is 1. The van der Waals surface area contributed by atoms with Crippen LogP contribution in [0.2, 0.25) is 0 Å². The molecule has 0 aliphatic heterocycles. The van der Waals surface area contributed by atoms with Gasteiger partial charge in [0.05, 0.1) is 17.6 Å². The molecule has 0 spiro atoms. The zero-order chi connectivity index (χ0) is 22.6. The Morgan fingerprint density at radius 3 is 1.90 bits per heavy atom. The van der Waals surface area contributed by atoms with Gasteiger partial charge in [0.2, 0.25) is 0 Å². The number of hydrogen-bond acceptors (Lipinski definition) is 4. The van der Waals surface area contributed by atoms with Crippen molar-refractivity contribution in [2.24, 2.45) is 0 Å². The molecular formula is C21H17F3N2O4S. The van der Waals surface area contributed by atoms with Crippen LogP contribution < -0.4 is 14.8 Å². The van der Waals surface area contributed by atoms with E-state index in [1.165, 1.54) is 31.4 Å². The number of halogens is 3. The highest BCUT2D eigenvalue weighted by molar-refractivity contribution is 7.92. The van der Waals surface area contributed by atoms with Crippen LogP contribution in [-0.4, -0.2) is 21.4 Å². The molecule has 0 aliphatic carbocycles. The molecule has 0 unspecified atom stereocenters. The highest BCUT2D eigenvalue weighted by atomic mass is 32.2. The smallest absolute Gasteiger partial charge is 0.416 e. The summed E-state index contributed by atoms with van der Waals surface area (Å²) in [4.78, 5) is 12.2. The molecule has 0 saturated heterocycles. The molecule has 0 saturated carbocycles. The minimum absolute atomic E-state index is 0.0607. The molecule has 0 heterocycles. The highest BCUT2D eigenvalue weighted by Crippen LogP contribution is 2.30. The summed E-state index contributed by atoms with van der Waals surface area (Å²) in [6, 6.07) is 15.4. The molecule has 0 aliphatic rings. The normalized spacial score (nSPS) is 11.6. The van der Waals surface area contributed by atoms with E-state index in [1.54, 1.807) is 24.3 Å². The van der Waals surface area contributed by atoms with Crippen LogP contribution in [0.5, 0.6) is 5.75 Å². The molecule has 3 rings (SSSR count). The van der Waals surface area contributed by atoms with E-state index in [0.29, 0.717) is 11.4 Å². The standard InChI is InChI=1S/C21H17F3N2O4S/c1-30-18-10-8-17(9-11-18)26-31(28,29)19-12-2-14(3-13-19)20(27)25-16-6-4-15(5-7-16)21(22,23)24/h2-13,26H,1H3,(H,25,27). The molecule has 31 heavy (non-hydrogen) atoms. The summed E-state index contributed by atoms with van der Waals surface area (Å²) in [5.74, 6) is -0.0156. The Labute approximate surface area is 176 Å². The quantitative estimate of drug-likeness (QED) is 0.567. The van der Waals surface area contributed by atoms with Crippen molar-refractivity contribution in [1.82, 2.24) is 0 Å². The Morgan fingerprint density at radius 1 is 0.839 bits per heavy atom. The van der Waals surface area contributed by atoms with Gasteiger partial charge in [0.15, 0.2) is 0 Å². The number of anilines is 2. The lowest BCUT2D eigenvalue weighted by molar-refractivity contribution is -0.137. The first-order chi connectivity index (χ1) is 14.6. The van der Waals surface area contributed by atoms with Crippen molar-refractivity contribution >= 4 is 27.3 Å². The van der Waals surface area contributed by atoms with Gasteiger partial charge in [0.25, 0.3) is 15.9 Å². The molecule has 0 bridgehead atoms. The molecule has 6 nitrogen and oxygen atoms in total. The number of carbonyl (C=O) groups is 1. The van der Waals surface area contributed by atoms with E-state index in [0.717, 1.165) is 24.3 Å².